The van der Waals surface area contributed by atoms with Gasteiger partial charge in [0.1, 0.15) is 12.4 Å². The number of hydrogen-bond donors (Lipinski definition) is 1. The van der Waals surface area contributed by atoms with E-state index in [9.17, 15) is 13.2 Å². The zero-order valence-corrected chi connectivity index (χ0v) is 15.4. The molecule has 1 N–H and O–H groups in total. The van der Waals surface area contributed by atoms with Gasteiger partial charge in [-0.15, -0.1) is 0 Å². The SMILES string of the molecule is C=CCOc1ccc(NC(=O)CN(Cc2ccccc2)S(C)(=O)=O)cc1. The molecule has 0 saturated heterocycles. The molecular formula is C19H22N2O4S. The van der Waals surface area contributed by atoms with Crippen molar-refractivity contribution in [1.82, 2.24) is 4.31 Å². The van der Waals surface area contributed by atoms with Gasteiger partial charge in [0.05, 0.1) is 12.8 Å². The third-order valence-corrected chi connectivity index (χ3v) is 4.69. The van der Waals surface area contributed by atoms with Crippen molar-refractivity contribution in [1.29, 1.82) is 0 Å². The fraction of sp³-hybridized carbons (Fsp3) is 0.211. The average Bonchev–Trinajstić information content (AvgIpc) is 2.61. The number of carbonyl (C=O) groups is 1. The second-order valence-corrected chi connectivity index (χ2v) is 7.67. The number of ether oxygens (including phenoxy) is 1. The van der Waals surface area contributed by atoms with E-state index >= 15 is 0 Å². The third-order valence-electron chi connectivity index (χ3n) is 3.50. The number of amides is 1. The number of carbonyl (C=O) groups excluding carboxylic acids is 1. The maximum Gasteiger partial charge on any atom is 0.239 e. The summed E-state index contributed by atoms with van der Waals surface area (Å²) in [6, 6.07) is 16.0. The number of sulfonamides is 1. The minimum atomic E-state index is -3.52. The van der Waals surface area contributed by atoms with Crippen LogP contribution in [0.1, 0.15) is 5.56 Å². The second kappa shape index (κ2) is 9.17. The van der Waals surface area contributed by atoms with E-state index in [2.05, 4.69) is 11.9 Å². The molecule has 0 unspecified atom stereocenters. The minimum Gasteiger partial charge on any atom is -0.490 e. The summed E-state index contributed by atoms with van der Waals surface area (Å²) >= 11 is 0. The number of hydrogen-bond acceptors (Lipinski definition) is 4. The van der Waals surface area contributed by atoms with Crippen LogP contribution in [0.3, 0.4) is 0 Å². The maximum absolute atomic E-state index is 12.3. The highest BCUT2D eigenvalue weighted by Gasteiger charge is 2.20. The van der Waals surface area contributed by atoms with Crippen molar-refractivity contribution >= 4 is 21.6 Å². The molecule has 0 bridgehead atoms. The molecule has 2 aromatic carbocycles. The van der Waals surface area contributed by atoms with Gasteiger partial charge in [0, 0.05) is 12.2 Å². The Labute approximate surface area is 154 Å². The van der Waals surface area contributed by atoms with Gasteiger partial charge >= 0.3 is 0 Å². The Morgan fingerprint density at radius 3 is 2.38 bits per heavy atom. The molecule has 7 heteroatoms. The Bertz CT molecular complexity index is 834. The monoisotopic (exact) mass is 374 g/mol. The standard InChI is InChI=1S/C19H22N2O4S/c1-3-13-25-18-11-9-17(10-12-18)20-19(22)15-21(26(2,23)24)14-16-7-5-4-6-8-16/h3-12H,1,13-15H2,2H3,(H,20,22). The number of anilines is 1. The number of nitrogens with one attached hydrogen (secondary N) is 1. The third kappa shape index (κ3) is 6.34. The topological polar surface area (TPSA) is 75.7 Å². The normalized spacial score (nSPS) is 11.2. The lowest BCUT2D eigenvalue weighted by Gasteiger charge is -2.19. The van der Waals surface area contributed by atoms with E-state index in [1.54, 1.807) is 30.3 Å². The molecule has 2 rings (SSSR count). The summed E-state index contributed by atoms with van der Waals surface area (Å²) in [4.78, 5) is 12.3. The predicted molar refractivity (Wildman–Crippen MR) is 102 cm³/mol. The second-order valence-electron chi connectivity index (χ2n) is 5.69. The van der Waals surface area contributed by atoms with Crippen LogP contribution in [0.15, 0.2) is 67.3 Å². The summed E-state index contributed by atoms with van der Waals surface area (Å²) in [6.07, 6.45) is 2.73. The van der Waals surface area contributed by atoms with Crippen molar-refractivity contribution in [3.05, 3.63) is 72.8 Å². The first kappa shape index (κ1) is 19.7. The van der Waals surface area contributed by atoms with Crippen LogP contribution >= 0.6 is 0 Å². The summed E-state index contributed by atoms with van der Waals surface area (Å²) in [5.74, 6) is 0.246. The van der Waals surface area contributed by atoms with Gasteiger partial charge in [-0.05, 0) is 29.8 Å². The Morgan fingerprint density at radius 2 is 1.81 bits per heavy atom. The molecule has 2 aromatic rings. The molecule has 0 aliphatic rings. The Kier molecular flexibility index (Phi) is 6.94. The Hall–Kier alpha value is -2.64. The molecule has 0 saturated carbocycles. The maximum atomic E-state index is 12.3. The van der Waals surface area contributed by atoms with E-state index in [-0.39, 0.29) is 13.1 Å². The van der Waals surface area contributed by atoms with Crippen molar-refractivity contribution in [2.45, 2.75) is 6.54 Å². The van der Waals surface area contributed by atoms with Crippen LogP contribution in [0, 0.1) is 0 Å². The summed E-state index contributed by atoms with van der Waals surface area (Å²) in [5.41, 5.74) is 1.38. The Balaban J connectivity index is 1.99. The van der Waals surface area contributed by atoms with E-state index in [1.165, 1.54) is 0 Å². The van der Waals surface area contributed by atoms with E-state index in [0.717, 1.165) is 16.1 Å². The van der Waals surface area contributed by atoms with Crippen LogP contribution in [0.25, 0.3) is 0 Å². The molecule has 0 fully saturated rings. The van der Waals surface area contributed by atoms with Gasteiger partial charge in [-0.1, -0.05) is 43.0 Å². The summed E-state index contributed by atoms with van der Waals surface area (Å²) in [5, 5.41) is 2.69. The molecule has 0 aromatic heterocycles. The number of rotatable bonds is 9. The van der Waals surface area contributed by atoms with Crippen molar-refractivity contribution in [3.8, 4) is 5.75 Å². The summed E-state index contributed by atoms with van der Waals surface area (Å²) in [6.45, 7) is 3.85. The molecule has 26 heavy (non-hydrogen) atoms. The molecule has 138 valence electrons. The van der Waals surface area contributed by atoms with E-state index in [4.69, 9.17) is 4.74 Å². The summed E-state index contributed by atoms with van der Waals surface area (Å²) in [7, 11) is -3.52. The van der Waals surface area contributed by atoms with Gasteiger partial charge < -0.3 is 10.1 Å². The smallest absolute Gasteiger partial charge is 0.239 e. The fourth-order valence-electron chi connectivity index (χ4n) is 2.23. The van der Waals surface area contributed by atoms with E-state index in [0.29, 0.717) is 18.0 Å². The first-order valence-electron chi connectivity index (χ1n) is 8.01. The van der Waals surface area contributed by atoms with Crippen LogP contribution in [-0.2, 0) is 21.4 Å². The highest BCUT2D eigenvalue weighted by Crippen LogP contribution is 2.16. The minimum absolute atomic E-state index is 0.140. The quantitative estimate of drug-likeness (QED) is 0.685. The molecule has 0 spiro atoms. The highest BCUT2D eigenvalue weighted by atomic mass is 32.2. The lowest BCUT2D eigenvalue weighted by atomic mass is 10.2. The van der Waals surface area contributed by atoms with Gasteiger partial charge in [-0.3, -0.25) is 4.79 Å². The molecule has 6 nitrogen and oxygen atoms in total. The molecule has 0 heterocycles. The molecule has 0 atom stereocenters. The van der Waals surface area contributed by atoms with Gasteiger partial charge in [-0.2, -0.15) is 4.31 Å². The fourth-order valence-corrected chi connectivity index (χ4v) is 2.96. The molecule has 1 amide bonds. The first-order valence-corrected chi connectivity index (χ1v) is 9.86. The lowest BCUT2D eigenvalue weighted by molar-refractivity contribution is -0.116. The van der Waals surface area contributed by atoms with Crippen LogP contribution in [0.2, 0.25) is 0 Å². The van der Waals surface area contributed by atoms with Gasteiger partial charge in [0.15, 0.2) is 0 Å². The van der Waals surface area contributed by atoms with Gasteiger partial charge in [0.25, 0.3) is 0 Å². The van der Waals surface area contributed by atoms with Crippen LogP contribution in [0.4, 0.5) is 5.69 Å². The molecular weight excluding hydrogens is 352 g/mol. The van der Waals surface area contributed by atoms with Gasteiger partial charge in [0.2, 0.25) is 15.9 Å². The van der Waals surface area contributed by atoms with E-state index in [1.807, 2.05) is 30.3 Å². The van der Waals surface area contributed by atoms with Crippen LogP contribution < -0.4 is 10.1 Å². The molecule has 0 radical (unpaired) electrons. The average molecular weight is 374 g/mol. The lowest BCUT2D eigenvalue weighted by Crippen LogP contribution is -2.36. The van der Waals surface area contributed by atoms with E-state index < -0.39 is 15.9 Å². The van der Waals surface area contributed by atoms with Gasteiger partial charge in [-0.25, -0.2) is 8.42 Å². The zero-order valence-electron chi connectivity index (χ0n) is 14.6. The molecule has 0 aliphatic carbocycles. The first-order chi connectivity index (χ1) is 12.4. The zero-order chi connectivity index (χ0) is 19.0. The van der Waals surface area contributed by atoms with Crippen molar-refractivity contribution in [2.75, 3.05) is 24.7 Å². The summed E-state index contributed by atoms with van der Waals surface area (Å²) < 4.78 is 30.5. The number of benzene rings is 2. The van der Waals surface area contributed by atoms with Crippen LogP contribution in [0.5, 0.6) is 5.75 Å². The predicted octanol–water partition coefficient (Wildman–Crippen LogP) is 2.65. The van der Waals surface area contributed by atoms with Crippen LogP contribution in [-0.4, -0.2) is 38.0 Å². The largest absolute Gasteiger partial charge is 0.490 e. The van der Waals surface area contributed by atoms with Crippen molar-refractivity contribution in [3.63, 3.8) is 0 Å². The van der Waals surface area contributed by atoms with Crippen molar-refractivity contribution in [2.24, 2.45) is 0 Å². The van der Waals surface area contributed by atoms with Crippen molar-refractivity contribution < 1.29 is 17.9 Å². The molecule has 0 aliphatic heterocycles. The highest BCUT2D eigenvalue weighted by molar-refractivity contribution is 7.88. The number of nitrogens with zero attached hydrogens (tertiary/aromatic N) is 1. The Morgan fingerprint density at radius 1 is 1.15 bits per heavy atom.